The number of rotatable bonds is 7. The van der Waals surface area contributed by atoms with Crippen LogP contribution in [-0.4, -0.2) is 47.4 Å². The Labute approximate surface area is 203 Å². The molecule has 3 aromatic rings. The first-order valence-electron chi connectivity index (χ1n) is 10.9. The third-order valence-electron chi connectivity index (χ3n) is 5.43. The van der Waals surface area contributed by atoms with E-state index in [1.165, 1.54) is 6.08 Å². The SMILES string of the molecule is CCSc1ccc(-c2nn(-c3ccccc3)cc2/C=C(\C#N)C(=O)N[C@H]2CCS(=O)(=O)C2)cc1. The second-order valence-electron chi connectivity index (χ2n) is 7.91. The maximum Gasteiger partial charge on any atom is 0.262 e. The zero-order valence-corrected chi connectivity index (χ0v) is 20.3. The van der Waals surface area contributed by atoms with E-state index in [2.05, 4.69) is 12.2 Å². The fourth-order valence-electron chi connectivity index (χ4n) is 3.78. The molecule has 1 amide bonds. The van der Waals surface area contributed by atoms with Crippen LogP contribution in [0.25, 0.3) is 23.0 Å². The van der Waals surface area contributed by atoms with Gasteiger partial charge < -0.3 is 5.32 Å². The minimum atomic E-state index is -3.14. The number of para-hydroxylation sites is 1. The van der Waals surface area contributed by atoms with Gasteiger partial charge in [-0.2, -0.15) is 10.4 Å². The van der Waals surface area contributed by atoms with Crippen LogP contribution in [0.3, 0.4) is 0 Å². The number of carbonyl (C=O) groups is 1. The average Bonchev–Trinajstić information content (AvgIpc) is 3.41. The van der Waals surface area contributed by atoms with Crippen molar-refractivity contribution in [2.75, 3.05) is 17.3 Å². The number of hydrogen-bond donors (Lipinski definition) is 1. The van der Waals surface area contributed by atoms with Gasteiger partial charge in [0.25, 0.3) is 5.91 Å². The van der Waals surface area contributed by atoms with E-state index in [0.717, 1.165) is 21.9 Å². The number of hydrogen-bond acceptors (Lipinski definition) is 6. The molecule has 1 atom stereocenters. The van der Waals surface area contributed by atoms with Gasteiger partial charge in [-0.25, -0.2) is 13.1 Å². The highest BCUT2D eigenvalue weighted by atomic mass is 32.2. The van der Waals surface area contributed by atoms with Gasteiger partial charge in [-0.1, -0.05) is 37.3 Å². The molecule has 2 heterocycles. The van der Waals surface area contributed by atoms with Gasteiger partial charge in [0.05, 0.1) is 22.9 Å². The van der Waals surface area contributed by atoms with Crippen molar-refractivity contribution in [2.24, 2.45) is 0 Å². The zero-order chi connectivity index (χ0) is 24.1. The van der Waals surface area contributed by atoms with Gasteiger partial charge in [-0.3, -0.25) is 4.79 Å². The Kier molecular flexibility index (Phi) is 7.20. The molecule has 1 N–H and O–H groups in total. The number of nitrogens with zero attached hydrogens (tertiary/aromatic N) is 3. The molecule has 0 radical (unpaired) electrons. The van der Waals surface area contributed by atoms with E-state index >= 15 is 0 Å². The van der Waals surface area contributed by atoms with Crippen molar-refractivity contribution in [3.63, 3.8) is 0 Å². The molecule has 1 aromatic heterocycles. The van der Waals surface area contributed by atoms with Crippen LogP contribution in [-0.2, 0) is 14.6 Å². The molecule has 0 aliphatic carbocycles. The lowest BCUT2D eigenvalue weighted by Gasteiger charge is -2.09. The summed E-state index contributed by atoms with van der Waals surface area (Å²) < 4.78 is 25.1. The van der Waals surface area contributed by atoms with Crippen molar-refractivity contribution in [1.29, 1.82) is 5.26 Å². The van der Waals surface area contributed by atoms with E-state index in [9.17, 15) is 18.5 Å². The van der Waals surface area contributed by atoms with Crippen molar-refractivity contribution >= 4 is 33.6 Å². The Balaban J connectivity index is 1.69. The lowest BCUT2D eigenvalue weighted by Crippen LogP contribution is -2.36. The van der Waals surface area contributed by atoms with Crippen LogP contribution in [0.15, 0.2) is 71.3 Å². The molecule has 0 bridgehead atoms. The minimum absolute atomic E-state index is 0.0455. The largest absolute Gasteiger partial charge is 0.348 e. The van der Waals surface area contributed by atoms with E-state index in [-0.39, 0.29) is 17.1 Å². The van der Waals surface area contributed by atoms with Crippen LogP contribution < -0.4 is 5.32 Å². The summed E-state index contributed by atoms with van der Waals surface area (Å²) in [6.45, 7) is 2.10. The Morgan fingerprint density at radius 1 is 1.24 bits per heavy atom. The van der Waals surface area contributed by atoms with Crippen molar-refractivity contribution in [1.82, 2.24) is 15.1 Å². The summed E-state index contributed by atoms with van der Waals surface area (Å²) in [5, 5.41) is 17.1. The van der Waals surface area contributed by atoms with Gasteiger partial charge in [0.2, 0.25) is 0 Å². The molecule has 4 rings (SSSR count). The molecule has 1 aliphatic rings. The Hall–Kier alpha value is -3.35. The normalized spacial score (nSPS) is 17.3. The molecule has 7 nitrogen and oxygen atoms in total. The molecule has 1 saturated heterocycles. The predicted molar refractivity (Wildman–Crippen MR) is 134 cm³/mol. The molecular formula is C25H24N4O3S2. The minimum Gasteiger partial charge on any atom is -0.348 e. The number of aromatic nitrogens is 2. The quantitative estimate of drug-likeness (QED) is 0.305. The third-order valence-corrected chi connectivity index (χ3v) is 8.10. The second kappa shape index (κ2) is 10.3. The topological polar surface area (TPSA) is 105 Å². The molecule has 9 heteroatoms. The second-order valence-corrected chi connectivity index (χ2v) is 11.5. The Morgan fingerprint density at radius 2 is 1.97 bits per heavy atom. The predicted octanol–water partition coefficient (Wildman–Crippen LogP) is 3.86. The van der Waals surface area contributed by atoms with Gasteiger partial charge in [0, 0.05) is 28.3 Å². The fraction of sp³-hybridized carbons (Fsp3) is 0.240. The molecule has 34 heavy (non-hydrogen) atoms. The lowest BCUT2D eigenvalue weighted by atomic mass is 10.1. The van der Waals surface area contributed by atoms with E-state index in [1.54, 1.807) is 22.6 Å². The fourth-order valence-corrected chi connectivity index (χ4v) is 6.12. The molecule has 174 valence electrons. The molecular weight excluding hydrogens is 468 g/mol. The first kappa shape index (κ1) is 23.8. The zero-order valence-electron chi connectivity index (χ0n) is 18.6. The van der Waals surface area contributed by atoms with E-state index in [4.69, 9.17) is 5.10 Å². The van der Waals surface area contributed by atoms with Crippen LogP contribution in [0.4, 0.5) is 0 Å². The number of carbonyl (C=O) groups excluding carboxylic acids is 1. The van der Waals surface area contributed by atoms with Crippen LogP contribution in [0.2, 0.25) is 0 Å². The first-order chi connectivity index (χ1) is 16.4. The van der Waals surface area contributed by atoms with Crippen molar-refractivity contribution in [3.05, 3.63) is 71.9 Å². The molecule has 0 spiro atoms. The molecule has 0 saturated carbocycles. The lowest BCUT2D eigenvalue weighted by molar-refractivity contribution is -0.117. The van der Waals surface area contributed by atoms with Gasteiger partial charge >= 0.3 is 0 Å². The Bertz CT molecular complexity index is 1360. The van der Waals surface area contributed by atoms with Crippen LogP contribution >= 0.6 is 11.8 Å². The highest BCUT2D eigenvalue weighted by molar-refractivity contribution is 7.99. The summed E-state index contributed by atoms with van der Waals surface area (Å²) in [6, 6.07) is 19.1. The first-order valence-corrected chi connectivity index (χ1v) is 13.7. The van der Waals surface area contributed by atoms with Gasteiger partial charge in [0.15, 0.2) is 9.84 Å². The monoisotopic (exact) mass is 492 g/mol. The maximum absolute atomic E-state index is 12.8. The van der Waals surface area contributed by atoms with Crippen LogP contribution in [0.5, 0.6) is 0 Å². The van der Waals surface area contributed by atoms with Gasteiger partial charge in [-0.05, 0) is 42.5 Å². The van der Waals surface area contributed by atoms with Crippen molar-refractivity contribution in [2.45, 2.75) is 24.3 Å². The van der Waals surface area contributed by atoms with Crippen LogP contribution in [0, 0.1) is 11.3 Å². The van der Waals surface area contributed by atoms with Gasteiger partial charge in [0.1, 0.15) is 11.6 Å². The van der Waals surface area contributed by atoms with Gasteiger partial charge in [-0.15, -0.1) is 11.8 Å². The summed E-state index contributed by atoms with van der Waals surface area (Å²) in [6.07, 6.45) is 3.64. The molecule has 2 aromatic carbocycles. The number of benzene rings is 2. The van der Waals surface area contributed by atoms with E-state index in [0.29, 0.717) is 17.7 Å². The highest BCUT2D eigenvalue weighted by Gasteiger charge is 2.29. The number of sulfone groups is 1. The highest BCUT2D eigenvalue weighted by Crippen LogP contribution is 2.28. The third kappa shape index (κ3) is 5.58. The summed E-state index contributed by atoms with van der Waals surface area (Å²) in [4.78, 5) is 13.9. The molecule has 0 unspecified atom stereocenters. The van der Waals surface area contributed by atoms with Crippen LogP contribution in [0.1, 0.15) is 18.9 Å². The number of thioether (sulfide) groups is 1. The average molecular weight is 493 g/mol. The molecule has 1 fully saturated rings. The maximum atomic E-state index is 12.8. The summed E-state index contributed by atoms with van der Waals surface area (Å²) >= 11 is 1.74. The number of nitriles is 1. The summed E-state index contributed by atoms with van der Waals surface area (Å²) in [7, 11) is -3.14. The number of nitrogens with one attached hydrogen (secondary N) is 1. The number of amides is 1. The van der Waals surface area contributed by atoms with Crippen molar-refractivity contribution in [3.8, 4) is 23.0 Å². The summed E-state index contributed by atoms with van der Waals surface area (Å²) in [5.74, 6) is 0.331. The van der Waals surface area contributed by atoms with Crippen molar-refractivity contribution < 1.29 is 13.2 Å². The molecule has 1 aliphatic heterocycles. The van der Waals surface area contributed by atoms with E-state index in [1.807, 2.05) is 60.7 Å². The van der Waals surface area contributed by atoms with E-state index < -0.39 is 21.8 Å². The summed E-state index contributed by atoms with van der Waals surface area (Å²) in [5.41, 5.74) is 2.87. The smallest absolute Gasteiger partial charge is 0.262 e. The Morgan fingerprint density at radius 3 is 2.59 bits per heavy atom. The standard InChI is InChI=1S/C25H24N4O3S2/c1-2-33-23-10-8-18(9-11-23)24-20(16-29(28-24)22-6-4-3-5-7-22)14-19(15-26)25(30)27-21-12-13-34(31,32)17-21/h3-11,14,16,21H,2,12-13,17H2,1H3,(H,27,30)/b19-14+/t21-/m0/s1.